The normalized spacial score (nSPS) is 18.7. The second kappa shape index (κ2) is 9.63. The first-order valence-corrected chi connectivity index (χ1v) is 10.9. The number of benzene rings is 2. The molecule has 1 unspecified atom stereocenters. The van der Waals surface area contributed by atoms with Crippen molar-refractivity contribution in [3.05, 3.63) is 77.0 Å². The van der Waals surface area contributed by atoms with E-state index in [1.54, 1.807) is 0 Å². The summed E-state index contributed by atoms with van der Waals surface area (Å²) in [6, 6.07) is 14.4. The fourth-order valence-corrected chi connectivity index (χ4v) is 3.87. The Morgan fingerprint density at radius 3 is 2.67 bits per heavy atom. The van der Waals surface area contributed by atoms with E-state index in [1.165, 1.54) is 24.0 Å². The number of halogens is 1. The lowest BCUT2D eigenvalue weighted by Crippen LogP contribution is -2.31. The minimum atomic E-state index is -0.972. The van der Waals surface area contributed by atoms with Crippen molar-refractivity contribution in [1.82, 2.24) is 15.5 Å². The molecule has 0 saturated heterocycles. The summed E-state index contributed by atoms with van der Waals surface area (Å²) in [5.74, 6) is 1.50. The summed E-state index contributed by atoms with van der Waals surface area (Å²) < 4.78 is 20.7. The van der Waals surface area contributed by atoms with Crippen molar-refractivity contribution >= 4 is 0 Å². The van der Waals surface area contributed by atoms with Gasteiger partial charge in [0.2, 0.25) is 0 Å². The van der Waals surface area contributed by atoms with Crippen LogP contribution in [0.15, 0.2) is 54.7 Å². The molecule has 2 aromatic rings. The Morgan fingerprint density at radius 1 is 1.17 bits per heavy atom. The van der Waals surface area contributed by atoms with Gasteiger partial charge in [0, 0.05) is 38.4 Å². The minimum Gasteiger partial charge on any atom is -0.493 e. The van der Waals surface area contributed by atoms with E-state index in [0.717, 1.165) is 55.4 Å². The average molecular weight is 410 g/mol. The lowest BCUT2D eigenvalue weighted by molar-refractivity contribution is 0.158. The molecule has 1 atom stereocenters. The maximum atomic E-state index is 14.9. The Morgan fingerprint density at radius 2 is 1.93 bits per heavy atom. The summed E-state index contributed by atoms with van der Waals surface area (Å²) in [7, 11) is 1.91. The molecule has 4 rings (SSSR count). The summed E-state index contributed by atoms with van der Waals surface area (Å²) in [4.78, 5) is 2.18. The van der Waals surface area contributed by atoms with Gasteiger partial charge in [-0.2, -0.15) is 0 Å². The molecule has 2 aromatic carbocycles. The van der Waals surface area contributed by atoms with E-state index < -0.39 is 6.17 Å². The van der Waals surface area contributed by atoms with E-state index in [1.807, 2.05) is 25.2 Å². The third-order valence-electron chi connectivity index (χ3n) is 5.81. The van der Waals surface area contributed by atoms with Crippen molar-refractivity contribution in [2.45, 2.75) is 38.6 Å². The van der Waals surface area contributed by atoms with Crippen LogP contribution in [0.5, 0.6) is 5.75 Å². The van der Waals surface area contributed by atoms with Crippen LogP contribution >= 0.6 is 0 Å². The maximum Gasteiger partial charge on any atom is 0.138 e. The zero-order valence-corrected chi connectivity index (χ0v) is 17.8. The first kappa shape index (κ1) is 20.9. The van der Waals surface area contributed by atoms with E-state index in [4.69, 9.17) is 4.74 Å². The molecule has 0 bridgehead atoms. The standard InChI is InChI=1S/C25H32FN3O/c1-18(12-27-2)28-13-19-3-5-20(6-4-19)14-29-15-22-9-10-23(30-17-21-7-8-21)11-24(22)25(26)16-29/h3-6,9-11,21,25,27-28H,1,7-8,12-17H2,2H3. The molecule has 2 N–H and O–H groups in total. The second-order valence-corrected chi connectivity index (χ2v) is 8.56. The van der Waals surface area contributed by atoms with Crippen LogP contribution in [0, 0.1) is 5.92 Å². The number of rotatable bonds is 10. The number of ether oxygens (including phenoxy) is 1. The third kappa shape index (κ3) is 5.61. The van der Waals surface area contributed by atoms with Gasteiger partial charge >= 0.3 is 0 Å². The van der Waals surface area contributed by atoms with Crippen molar-refractivity contribution < 1.29 is 9.13 Å². The van der Waals surface area contributed by atoms with Gasteiger partial charge in [0.05, 0.1) is 6.61 Å². The summed E-state index contributed by atoms with van der Waals surface area (Å²) in [6.07, 6.45) is 1.55. The molecule has 30 heavy (non-hydrogen) atoms. The van der Waals surface area contributed by atoms with Gasteiger partial charge in [-0.15, -0.1) is 0 Å². The van der Waals surface area contributed by atoms with Gasteiger partial charge in [-0.25, -0.2) is 4.39 Å². The van der Waals surface area contributed by atoms with Crippen molar-refractivity contribution in [2.24, 2.45) is 5.92 Å². The third-order valence-corrected chi connectivity index (χ3v) is 5.81. The van der Waals surface area contributed by atoms with Gasteiger partial charge < -0.3 is 15.4 Å². The lowest BCUT2D eigenvalue weighted by atomic mass is 9.97. The fraction of sp³-hybridized carbons (Fsp3) is 0.440. The molecule has 0 radical (unpaired) electrons. The molecule has 4 nitrogen and oxygen atoms in total. The quantitative estimate of drug-likeness (QED) is 0.613. The Labute approximate surface area is 179 Å². The van der Waals surface area contributed by atoms with E-state index in [9.17, 15) is 4.39 Å². The molecule has 1 saturated carbocycles. The molecule has 5 heteroatoms. The summed E-state index contributed by atoms with van der Waals surface area (Å²) in [6.45, 7) is 8.20. The highest BCUT2D eigenvalue weighted by Gasteiger charge is 2.26. The van der Waals surface area contributed by atoms with E-state index in [2.05, 4.69) is 46.4 Å². The van der Waals surface area contributed by atoms with Crippen LogP contribution in [0.1, 0.15) is 41.3 Å². The SMILES string of the molecule is C=C(CNC)NCc1ccc(CN2Cc3ccc(OCC4CC4)cc3C(F)C2)cc1. The molecular formula is C25H32FN3O. The monoisotopic (exact) mass is 409 g/mol. The molecule has 1 aliphatic carbocycles. The summed E-state index contributed by atoms with van der Waals surface area (Å²) in [5, 5.41) is 6.39. The van der Waals surface area contributed by atoms with Crippen molar-refractivity contribution in [3.8, 4) is 5.75 Å². The van der Waals surface area contributed by atoms with Crippen molar-refractivity contribution in [3.63, 3.8) is 0 Å². The average Bonchev–Trinajstić information content (AvgIpc) is 3.57. The first-order chi connectivity index (χ1) is 14.6. The number of hydrogen-bond donors (Lipinski definition) is 2. The molecule has 2 aliphatic rings. The largest absolute Gasteiger partial charge is 0.493 e. The predicted molar refractivity (Wildman–Crippen MR) is 119 cm³/mol. The number of nitrogens with zero attached hydrogens (tertiary/aromatic N) is 1. The van der Waals surface area contributed by atoms with Crippen LogP contribution in [-0.2, 0) is 19.6 Å². The van der Waals surface area contributed by atoms with Crippen LogP contribution in [-0.4, -0.2) is 31.6 Å². The highest BCUT2D eigenvalue weighted by Crippen LogP contribution is 2.34. The van der Waals surface area contributed by atoms with Gasteiger partial charge in [-0.05, 0) is 60.2 Å². The smallest absolute Gasteiger partial charge is 0.138 e. The van der Waals surface area contributed by atoms with Crippen LogP contribution < -0.4 is 15.4 Å². The van der Waals surface area contributed by atoms with E-state index in [-0.39, 0.29) is 0 Å². The predicted octanol–water partition coefficient (Wildman–Crippen LogP) is 4.32. The lowest BCUT2D eigenvalue weighted by Gasteiger charge is -2.31. The number of alkyl halides is 1. The molecule has 1 aliphatic heterocycles. The zero-order valence-electron chi connectivity index (χ0n) is 17.8. The van der Waals surface area contributed by atoms with E-state index >= 15 is 0 Å². The Balaban J connectivity index is 1.32. The molecule has 0 spiro atoms. The highest BCUT2D eigenvalue weighted by atomic mass is 19.1. The number of likely N-dealkylation sites (N-methyl/N-ethyl adjacent to an activating group) is 1. The fourth-order valence-electron chi connectivity index (χ4n) is 3.87. The first-order valence-electron chi connectivity index (χ1n) is 10.9. The molecule has 160 valence electrons. The zero-order chi connectivity index (χ0) is 20.9. The van der Waals surface area contributed by atoms with Gasteiger partial charge in [0.25, 0.3) is 0 Å². The van der Waals surface area contributed by atoms with Gasteiger partial charge in [0.1, 0.15) is 11.9 Å². The van der Waals surface area contributed by atoms with Gasteiger partial charge in [-0.3, -0.25) is 4.90 Å². The molecular weight excluding hydrogens is 377 g/mol. The Kier molecular flexibility index (Phi) is 6.70. The number of hydrogen-bond acceptors (Lipinski definition) is 4. The molecule has 0 amide bonds. The minimum absolute atomic E-state index is 0.423. The van der Waals surface area contributed by atoms with E-state index in [0.29, 0.717) is 12.5 Å². The molecule has 1 heterocycles. The number of nitrogens with one attached hydrogen (secondary N) is 2. The molecule has 1 fully saturated rings. The van der Waals surface area contributed by atoms with Crippen LogP contribution in [0.25, 0.3) is 0 Å². The Hall–Kier alpha value is -2.37. The summed E-state index contributed by atoms with van der Waals surface area (Å²) >= 11 is 0. The highest BCUT2D eigenvalue weighted by molar-refractivity contribution is 5.39. The van der Waals surface area contributed by atoms with Crippen molar-refractivity contribution in [1.29, 1.82) is 0 Å². The van der Waals surface area contributed by atoms with Gasteiger partial charge in [-0.1, -0.05) is 36.9 Å². The topological polar surface area (TPSA) is 36.5 Å². The molecule has 0 aromatic heterocycles. The van der Waals surface area contributed by atoms with Crippen LogP contribution in [0.3, 0.4) is 0 Å². The van der Waals surface area contributed by atoms with Crippen molar-refractivity contribution in [2.75, 3.05) is 26.7 Å². The maximum absolute atomic E-state index is 14.9. The summed E-state index contributed by atoms with van der Waals surface area (Å²) in [5.41, 5.74) is 5.25. The van der Waals surface area contributed by atoms with Gasteiger partial charge in [0.15, 0.2) is 0 Å². The van der Waals surface area contributed by atoms with Crippen LogP contribution in [0.2, 0.25) is 0 Å². The van der Waals surface area contributed by atoms with Crippen LogP contribution in [0.4, 0.5) is 4.39 Å². The number of fused-ring (bicyclic) bond motifs is 1. The Bertz CT molecular complexity index is 863. The second-order valence-electron chi connectivity index (χ2n) is 8.56.